The summed E-state index contributed by atoms with van der Waals surface area (Å²) in [6.07, 6.45) is -7.12. The SMILES string of the molecule is CC(=O)OC1O[C@H](C[S+]2C[C@@H](OCc3ccccc3)[C@H](OCc3ccccc3)[C@H]2COCc2ccccc2)[C@@H](OC(C)=O)[C@H](OC(C)=O)[C@H]1OC(C)=O. The van der Waals surface area contributed by atoms with Crippen LogP contribution < -0.4 is 0 Å². The van der Waals surface area contributed by atoms with Crippen LogP contribution in [0, 0.1) is 0 Å². The van der Waals surface area contributed by atoms with E-state index in [0.29, 0.717) is 32.2 Å². The molecule has 9 atom stereocenters. The molecule has 3 aromatic rings. The summed E-state index contributed by atoms with van der Waals surface area (Å²) in [5.41, 5.74) is 3.02. The van der Waals surface area contributed by atoms with Crippen molar-refractivity contribution in [3.63, 3.8) is 0 Å². The van der Waals surface area contributed by atoms with Crippen LogP contribution in [0.4, 0.5) is 0 Å². The van der Waals surface area contributed by atoms with Crippen LogP contribution in [0.5, 0.6) is 0 Å². The van der Waals surface area contributed by atoms with Gasteiger partial charge in [0.1, 0.15) is 29.8 Å². The number of hydrogen-bond acceptors (Lipinski definition) is 12. The Bertz CT molecular complexity index is 1620. The quantitative estimate of drug-likeness (QED) is 0.116. The number of carbonyl (C=O) groups is 4. The molecule has 0 bridgehead atoms. The third-order valence-corrected chi connectivity index (χ3v) is 11.5. The maximum Gasteiger partial charge on any atom is 0.305 e. The van der Waals surface area contributed by atoms with Gasteiger partial charge in [0.2, 0.25) is 12.4 Å². The molecule has 2 aliphatic heterocycles. The van der Waals surface area contributed by atoms with Crippen molar-refractivity contribution in [3.05, 3.63) is 108 Å². The fourth-order valence-electron chi connectivity index (χ4n) is 6.47. The molecule has 284 valence electrons. The highest BCUT2D eigenvalue weighted by Gasteiger charge is 2.59. The smallest absolute Gasteiger partial charge is 0.305 e. The molecule has 2 saturated heterocycles. The molecule has 2 aliphatic rings. The summed E-state index contributed by atoms with van der Waals surface area (Å²) < 4.78 is 48.4. The van der Waals surface area contributed by atoms with E-state index in [1.807, 2.05) is 91.0 Å². The first-order valence-corrected chi connectivity index (χ1v) is 19.1. The Hall–Kier alpha value is -4.27. The summed E-state index contributed by atoms with van der Waals surface area (Å²) in [4.78, 5) is 49.4. The highest BCUT2D eigenvalue weighted by molar-refractivity contribution is 7.97. The molecule has 0 radical (unpaired) electrons. The van der Waals surface area contributed by atoms with Gasteiger partial charge in [0, 0.05) is 38.6 Å². The Balaban J connectivity index is 1.48. The molecule has 5 rings (SSSR count). The van der Waals surface area contributed by atoms with Gasteiger partial charge in [-0.15, -0.1) is 0 Å². The molecule has 0 amide bonds. The Morgan fingerprint density at radius 1 is 0.585 bits per heavy atom. The van der Waals surface area contributed by atoms with Crippen molar-refractivity contribution >= 4 is 34.8 Å². The van der Waals surface area contributed by atoms with Crippen molar-refractivity contribution < 1.29 is 57.1 Å². The monoisotopic (exact) mass is 751 g/mol. The number of carbonyl (C=O) groups excluding carboxylic acids is 4. The zero-order chi connectivity index (χ0) is 37.7. The first-order valence-electron chi connectivity index (χ1n) is 17.5. The van der Waals surface area contributed by atoms with Gasteiger partial charge in [0.05, 0.1) is 26.4 Å². The van der Waals surface area contributed by atoms with E-state index in [2.05, 4.69) is 0 Å². The van der Waals surface area contributed by atoms with E-state index in [4.69, 9.17) is 37.9 Å². The Labute approximate surface area is 312 Å². The molecule has 2 heterocycles. The van der Waals surface area contributed by atoms with Crippen LogP contribution in [0.1, 0.15) is 44.4 Å². The standard InChI is InChI=1S/C40H47O12S/c1-26(41)48-37-34(52-40(51-29(4)44)39(50-28(3)43)38(37)49-27(2)42)25-53-24-33(46-21-31-16-10-6-11-17-31)36(47-22-32-18-12-7-13-19-32)35(53)23-45-20-30-14-8-5-9-15-30/h5-19,33-40H,20-25H2,1-4H3/q+1/t33-,34-,35-,36+,37-,38+,39-,40?,53?/m1/s1. The van der Waals surface area contributed by atoms with Crippen molar-refractivity contribution in [1.82, 2.24) is 0 Å². The van der Waals surface area contributed by atoms with Crippen molar-refractivity contribution in [2.24, 2.45) is 0 Å². The average molecular weight is 752 g/mol. The summed E-state index contributed by atoms with van der Waals surface area (Å²) in [5.74, 6) is -2.03. The van der Waals surface area contributed by atoms with Crippen LogP contribution in [0.15, 0.2) is 91.0 Å². The molecule has 0 saturated carbocycles. The number of benzene rings is 3. The maximum absolute atomic E-state index is 12.5. The van der Waals surface area contributed by atoms with Crippen molar-refractivity contribution in [2.75, 3.05) is 18.1 Å². The molecular weight excluding hydrogens is 704 g/mol. The molecule has 0 spiro atoms. The number of rotatable bonds is 16. The molecule has 2 fully saturated rings. The van der Waals surface area contributed by atoms with Gasteiger partial charge >= 0.3 is 23.9 Å². The van der Waals surface area contributed by atoms with E-state index in [9.17, 15) is 19.2 Å². The lowest BCUT2D eigenvalue weighted by molar-refractivity contribution is -0.292. The molecule has 0 aromatic heterocycles. The normalized spacial score (nSPS) is 26.7. The van der Waals surface area contributed by atoms with E-state index in [0.717, 1.165) is 23.6 Å². The molecule has 2 unspecified atom stereocenters. The summed E-state index contributed by atoms with van der Waals surface area (Å²) >= 11 is 0. The highest BCUT2D eigenvalue weighted by Crippen LogP contribution is 2.36. The summed E-state index contributed by atoms with van der Waals surface area (Å²) in [6, 6.07) is 29.6. The third-order valence-electron chi connectivity index (χ3n) is 8.68. The van der Waals surface area contributed by atoms with Crippen molar-refractivity contribution in [1.29, 1.82) is 0 Å². The van der Waals surface area contributed by atoms with Gasteiger partial charge in [-0.2, -0.15) is 0 Å². The second kappa shape index (κ2) is 19.7. The predicted molar refractivity (Wildman–Crippen MR) is 194 cm³/mol. The molecular formula is C40H47O12S+. The van der Waals surface area contributed by atoms with Crippen LogP contribution in [0.3, 0.4) is 0 Å². The number of hydrogen-bond donors (Lipinski definition) is 0. The zero-order valence-corrected chi connectivity index (χ0v) is 31.1. The minimum atomic E-state index is -1.45. The fourth-order valence-corrected chi connectivity index (χ4v) is 9.42. The maximum atomic E-state index is 12.5. The van der Waals surface area contributed by atoms with Gasteiger partial charge in [-0.25, -0.2) is 0 Å². The first kappa shape index (κ1) is 39.9. The average Bonchev–Trinajstić information content (AvgIpc) is 3.45. The Kier molecular flexibility index (Phi) is 14.8. The molecule has 53 heavy (non-hydrogen) atoms. The third kappa shape index (κ3) is 11.9. The topological polar surface area (TPSA) is 142 Å². The Morgan fingerprint density at radius 2 is 1.06 bits per heavy atom. The van der Waals surface area contributed by atoms with E-state index in [-0.39, 0.29) is 17.1 Å². The van der Waals surface area contributed by atoms with Crippen LogP contribution in [0.2, 0.25) is 0 Å². The first-order chi connectivity index (χ1) is 25.6. The molecule has 12 nitrogen and oxygen atoms in total. The molecule has 3 aromatic carbocycles. The molecule has 0 aliphatic carbocycles. The van der Waals surface area contributed by atoms with Gasteiger partial charge < -0.3 is 37.9 Å². The molecule has 0 N–H and O–H groups in total. The van der Waals surface area contributed by atoms with Crippen LogP contribution in [0.25, 0.3) is 0 Å². The van der Waals surface area contributed by atoms with Gasteiger partial charge in [0.15, 0.2) is 17.5 Å². The van der Waals surface area contributed by atoms with Crippen LogP contribution >= 0.6 is 0 Å². The number of esters is 4. The van der Waals surface area contributed by atoms with Gasteiger partial charge in [0.25, 0.3) is 0 Å². The summed E-state index contributed by atoms with van der Waals surface area (Å²) in [5, 5.41) is -0.213. The predicted octanol–water partition coefficient (Wildman–Crippen LogP) is 4.46. The number of ether oxygens (including phenoxy) is 8. The van der Waals surface area contributed by atoms with Crippen LogP contribution in [-0.2, 0) is 87.8 Å². The highest BCUT2D eigenvalue weighted by atomic mass is 32.2. The van der Waals surface area contributed by atoms with E-state index in [1.54, 1.807) is 0 Å². The minimum Gasteiger partial charge on any atom is -0.455 e. The largest absolute Gasteiger partial charge is 0.455 e. The van der Waals surface area contributed by atoms with E-state index < -0.39 is 71.6 Å². The van der Waals surface area contributed by atoms with Gasteiger partial charge in [-0.05, 0) is 16.7 Å². The minimum absolute atomic E-state index is 0.213. The van der Waals surface area contributed by atoms with Crippen molar-refractivity contribution in [2.45, 2.75) is 95.7 Å². The lowest BCUT2D eigenvalue weighted by Gasteiger charge is -2.43. The molecule has 13 heteroatoms. The van der Waals surface area contributed by atoms with Crippen molar-refractivity contribution in [3.8, 4) is 0 Å². The summed E-state index contributed by atoms with van der Waals surface area (Å²) in [6.45, 7) is 6.13. The van der Waals surface area contributed by atoms with E-state index in [1.165, 1.54) is 20.8 Å². The second-order valence-corrected chi connectivity index (χ2v) is 15.2. The van der Waals surface area contributed by atoms with E-state index >= 15 is 0 Å². The summed E-state index contributed by atoms with van der Waals surface area (Å²) in [7, 11) is -0.589. The van der Waals surface area contributed by atoms with Crippen LogP contribution in [-0.4, -0.2) is 90.2 Å². The fraction of sp³-hybridized carbons (Fsp3) is 0.450. The van der Waals surface area contributed by atoms with Gasteiger partial charge in [-0.1, -0.05) is 91.0 Å². The second-order valence-electron chi connectivity index (χ2n) is 12.9. The Morgan fingerprint density at radius 3 is 1.58 bits per heavy atom. The van der Waals surface area contributed by atoms with Gasteiger partial charge in [-0.3, -0.25) is 19.2 Å². The lowest BCUT2D eigenvalue weighted by atomic mass is 9.98. The lowest BCUT2D eigenvalue weighted by Crippen LogP contribution is -2.63. The zero-order valence-electron chi connectivity index (χ0n) is 30.3.